The second-order valence-electron chi connectivity index (χ2n) is 6.96. The number of aromatic nitrogens is 2. The number of anilines is 1. The predicted molar refractivity (Wildman–Crippen MR) is 127 cm³/mol. The number of rotatable bonds is 6. The summed E-state index contributed by atoms with van der Waals surface area (Å²) in [6.07, 6.45) is 3.51. The lowest BCUT2D eigenvalue weighted by atomic mass is 10.2. The number of carbonyl (C=O) groups is 1. The maximum atomic E-state index is 13.2. The maximum absolute atomic E-state index is 13.2. The van der Waals surface area contributed by atoms with Crippen molar-refractivity contribution in [3.8, 4) is 0 Å². The minimum Gasteiger partial charge on any atom is -0.283 e. The fraction of sp³-hybridized carbons (Fsp3) is 0.174. The van der Waals surface area contributed by atoms with Gasteiger partial charge < -0.3 is 0 Å². The molecule has 0 atom stereocenters. The Labute approximate surface area is 188 Å². The van der Waals surface area contributed by atoms with Crippen LogP contribution in [0.3, 0.4) is 0 Å². The number of fused-ring (bicyclic) bond motifs is 1. The third-order valence-electron chi connectivity index (χ3n) is 4.72. The van der Waals surface area contributed by atoms with Crippen molar-refractivity contribution in [3.63, 3.8) is 0 Å². The normalized spacial score (nSPS) is 11.0. The van der Waals surface area contributed by atoms with Gasteiger partial charge in [-0.25, -0.2) is 4.98 Å². The summed E-state index contributed by atoms with van der Waals surface area (Å²) in [6, 6.07) is 15.9. The maximum Gasteiger partial charge on any atom is 0.239 e. The molecule has 152 valence electrons. The molecule has 0 radical (unpaired) electrons. The number of amides is 1. The Bertz CT molecular complexity index is 1180. The van der Waals surface area contributed by atoms with Crippen molar-refractivity contribution in [2.45, 2.75) is 25.3 Å². The molecule has 0 aliphatic rings. The van der Waals surface area contributed by atoms with Crippen molar-refractivity contribution < 1.29 is 4.79 Å². The highest BCUT2D eigenvalue weighted by Gasteiger charge is 2.21. The first-order chi connectivity index (χ1) is 14.5. The number of nitrogens with zero attached hydrogens (tertiary/aromatic N) is 3. The number of thiazole rings is 1. The third-order valence-corrected chi connectivity index (χ3v) is 7.17. The van der Waals surface area contributed by atoms with E-state index >= 15 is 0 Å². The van der Waals surface area contributed by atoms with Crippen LogP contribution in [0, 0.1) is 13.8 Å². The van der Waals surface area contributed by atoms with Gasteiger partial charge in [-0.3, -0.25) is 14.7 Å². The lowest BCUT2D eigenvalue weighted by Gasteiger charge is -2.19. The molecule has 0 N–H and O–H groups in total. The first kappa shape index (κ1) is 20.8. The van der Waals surface area contributed by atoms with Gasteiger partial charge >= 0.3 is 0 Å². The van der Waals surface area contributed by atoms with E-state index in [1.54, 1.807) is 17.3 Å². The zero-order valence-electron chi connectivity index (χ0n) is 16.6. The molecule has 2 heterocycles. The van der Waals surface area contributed by atoms with Gasteiger partial charge in [0.1, 0.15) is 0 Å². The van der Waals surface area contributed by atoms with E-state index in [0.717, 1.165) is 26.2 Å². The molecule has 0 fully saturated rings. The molecule has 0 aliphatic carbocycles. The zero-order valence-corrected chi connectivity index (χ0v) is 19.0. The van der Waals surface area contributed by atoms with Crippen LogP contribution in [0.15, 0.2) is 65.8 Å². The fourth-order valence-electron chi connectivity index (χ4n) is 3.00. The zero-order chi connectivity index (χ0) is 21.1. The van der Waals surface area contributed by atoms with E-state index < -0.39 is 0 Å². The minimum absolute atomic E-state index is 0.00670. The Morgan fingerprint density at radius 1 is 1.13 bits per heavy atom. The molecule has 7 heteroatoms. The highest BCUT2D eigenvalue weighted by atomic mass is 35.5. The van der Waals surface area contributed by atoms with Crippen LogP contribution in [0.4, 0.5) is 5.13 Å². The van der Waals surface area contributed by atoms with Crippen LogP contribution in [0.25, 0.3) is 10.2 Å². The van der Waals surface area contributed by atoms with E-state index in [1.807, 2.05) is 43.3 Å². The summed E-state index contributed by atoms with van der Waals surface area (Å²) in [5, 5.41) is 1.35. The van der Waals surface area contributed by atoms with Crippen LogP contribution in [0.5, 0.6) is 0 Å². The van der Waals surface area contributed by atoms with E-state index in [-0.39, 0.29) is 5.91 Å². The third kappa shape index (κ3) is 4.67. The topological polar surface area (TPSA) is 46.1 Å². The molecule has 2 aromatic carbocycles. The smallest absolute Gasteiger partial charge is 0.239 e. The van der Waals surface area contributed by atoms with Gasteiger partial charge in [-0.2, -0.15) is 0 Å². The van der Waals surface area contributed by atoms with Gasteiger partial charge in [0.2, 0.25) is 5.91 Å². The summed E-state index contributed by atoms with van der Waals surface area (Å²) in [7, 11) is 0. The molecule has 4 nitrogen and oxygen atoms in total. The first-order valence-electron chi connectivity index (χ1n) is 9.45. The van der Waals surface area contributed by atoms with Crippen molar-refractivity contribution in [3.05, 3.63) is 82.6 Å². The molecular formula is C23H20ClN3OS2. The number of halogens is 1. The monoisotopic (exact) mass is 453 g/mol. The Morgan fingerprint density at radius 3 is 2.67 bits per heavy atom. The number of hydrogen-bond donors (Lipinski definition) is 0. The quantitative estimate of drug-likeness (QED) is 0.322. The standard InChI is InChI=1S/C23H20ClN3OS2/c1-15-5-7-18(8-6-15)29-14-21(28)27(13-17-4-3-11-25-12-17)23-26-22-16(2)19(24)9-10-20(22)30-23/h3-12H,13-14H2,1-2H3. The van der Waals surface area contributed by atoms with Crippen molar-refractivity contribution >= 4 is 56.0 Å². The summed E-state index contributed by atoms with van der Waals surface area (Å²) in [5.41, 5.74) is 3.93. The molecule has 2 aromatic heterocycles. The number of hydrogen-bond acceptors (Lipinski definition) is 5. The molecule has 0 unspecified atom stereocenters. The van der Waals surface area contributed by atoms with E-state index in [0.29, 0.717) is 22.5 Å². The summed E-state index contributed by atoms with van der Waals surface area (Å²) < 4.78 is 1.02. The van der Waals surface area contributed by atoms with Gasteiger partial charge in [0.15, 0.2) is 5.13 Å². The Balaban J connectivity index is 1.63. The molecule has 0 bridgehead atoms. The molecule has 0 saturated heterocycles. The summed E-state index contributed by atoms with van der Waals surface area (Å²) >= 11 is 9.31. The SMILES string of the molecule is Cc1ccc(SCC(=O)N(Cc2cccnc2)c2nc3c(C)c(Cl)ccc3s2)cc1. The second-order valence-corrected chi connectivity index (χ2v) is 9.42. The number of aryl methyl sites for hydroxylation is 2. The summed E-state index contributed by atoms with van der Waals surface area (Å²) in [4.78, 5) is 25.0. The Morgan fingerprint density at radius 2 is 1.93 bits per heavy atom. The molecular weight excluding hydrogens is 434 g/mol. The molecule has 4 rings (SSSR count). The van der Waals surface area contributed by atoms with Crippen LogP contribution in [-0.2, 0) is 11.3 Å². The number of carbonyl (C=O) groups excluding carboxylic acids is 1. The van der Waals surface area contributed by atoms with Gasteiger partial charge in [-0.1, -0.05) is 46.7 Å². The Hall–Kier alpha value is -2.41. The lowest BCUT2D eigenvalue weighted by Crippen LogP contribution is -2.31. The molecule has 4 aromatic rings. The van der Waals surface area contributed by atoms with Crippen LogP contribution in [0.2, 0.25) is 5.02 Å². The van der Waals surface area contributed by atoms with E-state index in [4.69, 9.17) is 16.6 Å². The molecule has 0 spiro atoms. The number of thioether (sulfide) groups is 1. The van der Waals surface area contributed by atoms with Crippen molar-refractivity contribution in [2.24, 2.45) is 0 Å². The van der Waals surface area contributed by atoms with Gasteiger partial charge in [0.25, 0.3) is 0 Å². The lowest BCUT2D eigenvalue weighted by molar-refractivity contribution is -0.116. The van der Waals surface area contributed by atoms with Crippen molar-refractivity contribution in [2.75, 3.05) is 10.7 Å². The highest BCUT2D eigenvalue weighted by Crippen LogP contribution is 2.34. The second kappa shape index (κ2) is 9.16. The van der Waals surface area contributed by atoms with Crippen LogP contribution in [-0.4, -0.2) is 21.6 Å². The highest BCUT2D eigenvalue weighted by molar-refractivity contribution is 8.00. The first-order valence-corrected chi connectivity index (χ1v) is 11.6. The fourth-order valence-corrected chi connectivity index (χ4v) is 4.97. The Kier molecular flexibility index (Phi) is 6.37. The van der Waals surface area contributed by atoms with E-state index in [2.05, 4.69) is 24.0 Å². The molecule has 0 saturated carbocycles. The van der Waals surface area contributed by atoms with Crippen LogP contribution < -0.4 is 4.90 Å². The minimum atomic E-state index is 0.00670. The summed E-state index contributed by atoms with van der Waals surface area (Å²) in [5.74, 6) is 0.339. The largest absolute Gasteiger partial charge is 0.283 e. The van der Waals surface area contributed by atoms with Crippen molar-refractivity contribution in [1.82, 2.24) is 9.97 Å². The number of benzene rings is 2. The molecule has 0 aliphatic heterocycles. The van der Waals surface area contributed by atoms with Gasteiger partial charge in [-0.05, 0) is 55.3 Å². The predicted octanol–water partition coefficient (Wildman–Crippen LogP) is 6.29. The number of pyridine rings is 1. The van der Waals surface area contributed by atoms with Gasteiger partial charge in [-0.15, -0.1) is 11.8 Å². The molecule has 1 amide bonds. The van der Waals surface area contributed by atoms with E-state index in [1.165, 1.54) is 28.7 Å². The van der Waals surface area contributed by atoms with Crippen LogP contribution in [0.1, 0.15) is 16.7 Å². The van der Waals surface area contributed by atoms with Crippen LogP contribution >= 0.6 is 34.7 Å². The van der Waals surface area contributed by atoms with E-state index in [9.17, 15) is 4.79 Å². The van der Waals surface area contributed by atoms with Gasteiger partial charge in [0, 0.05) is 22.3 Å². The average Bonchev–Trinajstić information content (AvgIpc) is 3.19. The van der Waals surface area contributed by atoms with Crippen molar-refractivity contribution in [1.29, 1.82) is 0 Å². The van der Waals surface area contributed by atoms with Gasteiger partial charge in [0.05, 0.1) is 22.5 Å². The summed E-state index contributed by atoms with van der Waals surface area (Å²) in [6.45, 7) is 4.43. The molecule has 30 heavy (non-hydrogen) atoms. The average molecular weight is 454 g/mol.